The van der Waals surface area contributed by atoms with Gasteiger partial charge in [0.25, 0.3) is 0 Å². The van der Waals surface area contributed by atoms with Gasteiger partial charge in [-0.1, -0.05) is 0 Å². The molecule has 0 aromatic heterocycles. The van der Waals surface area contributed by atoms with Gasteiger partial charge in [-0.2, -0.15) is 0 Å². The number of cyclic esters (lactones) is 2. The highest BCUT2D eigenvalue weighted by Crippen LogP contribution is 2.18. The minimum absolute atomic E-state index is 0.0108. The molecule has 0 bridgehead atoms. The van der Waals surface area contributed by atoms with Gasteiger partial charge in [0.05, 0.1) is 24.4 Å². The minimum Gasteiger partial charge on any atom is -0.465 e. The van der Waals surface area contributed by atoms with Gasteiger partial charge in [0, 0.05) is 6.42 Å². The summed E-state index contributed by atoms with van der Waals surface area (Å²) in [5, 5.41) is 9.63. The Kier molecular flexibility index (Phi) is 6.62. The van der Waals surface area contributed by atoms with Crippen LogP contribution in [-0.4, -0.2) is 54.9 Å². The number of hydrogen-bond acceptors (Lipinski definition) is 7. The van der Waals surface area contributed by atoms with Crippen molar-refractivity contribution in [3.8, 4) is 0 Å². The van der Waals surface area contributed by atoms with Gasteiger partial charge in [-0.3, -0.25) is 4.79 Å². The fraction of sp³-hybridized carbons (Fsp3) is 0.867. The van der Waals surface area contributed by atoms with Crippen LogP contribution in [0.3, 0.4) is 0 Å². The molecule has 1 saturated heterocycles. The summed E-state index contributed by atoms with van der Waals surface area (Å²) in [4.78, 5) is 22.5. The second kappa shape index (κ2) is 7.78. The van der Waals surface area contributed by atoms with E-state index in [9.17, 15) is 14.7 Å². The predicted octanol–water partition coefficient (Wildman–Crippen LogP) is 1.66. The van der Waals surface area contributed by atoms with Crippen LogP contribution in [0.4, 0.5) is 4.79 Å². The molecule has 0 atom stereocenters. The van der Waals surface area contributed by atoms with Crippen LogP contribution in [0, 0.1) is 5.92 Å². The van der Waals surface area contributed by atoms with E-state index in [4.69, 9.17) is 9.47 Å². The molecule has 128 valence electrons. The number of rotatable bonds is 8. The number of aliphatic hydroxyl groups is 1. The highest BCUT2D eigenvalue weighted by Gasteiger charge is 2.29. The van der Waals surface area contributed by atoms with Crippen LogP contribution in [0.25, 0.3) is 0 Å². The number of hydrogen-bond donors (Lipinski definition) is 1. The minimum atomic E-state index is -0.763. The Morgan fingerprint density at radius 1 is 1.18 bits per heavy atom. The number of carbonyl (C=O) groups excluding carboxylic acids is 2. The molecule has 1 N–H and O–H groups in total. The van der Waals surface area contributed by atoms with Crippen molar-refractivity contribution in [2.24, 2.45) is 5.92 Å². The lowest BCUT2D eigenvalue weighted by molar-refractivity contribution is -0.156. The van der Waals surface area contributed by atoms with Crippen molar-refractivity contribution in [1.82, 2.24) is 0 Å². The van der Waals surface area contributed by atoms with Gasteiger partial charge in [0.15, 0.2) is 0 Å². The molecule has 0 amide bonds. The topological polar surface area (TPSA) is 91.3 Å². The van der Waals surface area contributed by atoms with Gasteiger partial charge >= 0.3 is 12.1 Å². The predicted molar refractivity (Wildman–Crippen MR) is 77.3 cm³/mol. The van der Waals surface area contributed by atoms with E-state index in [-0.39, 0.29) is 19.8 Å². The highest BCUT2D eigenvalue weighted by molar-refractivity contribution is 5.74. The van der Waals surface area contributed by atoms with Crippen molar-refractivity contribution in [2.45, 2.75) is 51.7 Å². The van der Waals surface area contributed by atoms with Gasteiger partial charge in [0.1, 0.15) is 19.1 Å². The second-order valence-electron chi connectivity index (χ2n) is 6.66. The summed E-state index contributed by atoms with van der Waals surface area (Å²) in [6, 6.07) is 0. The van der Waals surface area contributed by atoms with Gasteiger partial charge < -0.3 is 24.1 Å². The lowest BCUT2D eigenvalue weighted by atomic mass is 10.0. The van der Waals surface area contributed by atoms with Crippen LogP contribution in [0.15, 0.2) is 0 Å². The molecule has 0 saturated carbocycles. The first-order valence-corrected chi connectivity index (χ1v) is 7.42. The van der Waals surface area contributed by atoms with Crippen LogP contribution in [0.2, 0.25) is 0 Å². The third-order valence-corrected chi connectivity index (χ3v) is 3.29. The Morgan fingerprint density at radius 3 is 2.32 bits per heavy atom. The Bertz CT molecular complexity index is 374. The molecule has 0 aliphatic carbocycles. The van der Waals surface area contributed by atoms with E-state index in [2.05, 4.69) is 9.47 Å². The van der Waals surface area contributed by atoms with Crippen molar-refractivity contribution in [3.05, 3.63) is 0 Å². The zero-order valence-corrected chi connectivity index (χ0v) is 13.7. The maximum atomic E-state index is 11.8. The van der Waals surface area contributed by atoms with E-state index in [1.807, 2.05) is 13.8 Å². The Labute approximate surface area is 130 Å². The Hall–Kier alpha value is -1.34. The molecule has 0 aromatic rings. The molecule has 0 spiro atoms. The van der Waals surface area contributed by atoms with Gasteiger partial charge in [-0.05, 0) is 34.1 Å². The van der Waals surface area contributed by atoms with E-state index in [1.165, 1.54) is 0 Å². The average molecular weight is 318 g/mol. The highest BCUT2D eigenvalue weighted by atomic mass is 16.7. The second-order valence-corrected chi connectivity index (χ2v) is 6.66. The van der Waals surface area contributed by atoms with Crippen LogP contribution >= 0.6 is 0 Å². The standard InChI is InChI=1S/C15H26O7/c1-14(2,18)5-8-22-15(3,4)6-7-19-12(16)11-9-20-13(17)21-10-11/h11,18H,5-10H2,1-4H3. The molecule has 22 heavy (non-hydrogen) atoms. The Balaban J connectivity index is 2.21. The van der Waals surface area contributed by atoms with Crippen molar-refractivity contribution < 1.29 is 33.6 Å². The molecule has 1 aliphatic rings. The lowest BCUT2D eigenvalue weighted by Gasteiger charge is -2.27. The largest absolute Gasteiger partial charge is 0.508 e. The fourth-order valence-corrected chi connectivity index (χ4v) is 1.73. The third-order valence-electron chi connectivity index (χ3n) is 3.29. The number of carbonyl (C=O) groups is 2. The molecule has 0 unspecified atom stereocenters. The summed E-state index contributed by atoms with van der Waals surface area (Å²) < 4.78 is 20.1. The smallest absolute Gasteiger partial charge is 0.465 e. The van der Waals surface area contributed by atoms with Gasteiger partial charge in [0.2, 0.25) is 0 Å². The first-order valence-electron chi connectivity index (χ1n) is 7.42. The molecule has 1 rings (SSSR count). The van der Waals surface area contributed by atoms with Crippen molar-refractivity contribution in [3.63, 3.8) is 0 Å². The van der Waals surface area contributed by atoms with Crippen molar-refractivity contribution in [2.75, 3.05) is 26.4 Å². The summed E-state index contributed by atoms with van der Waals surface area (Å²) in [6.45, 7) is 7.86. The third kappa shape index (κ3) is 7.61. The zero-order chi connectivity index (χ0) is 16.8. The quantitative estimate of drug-likeness (QED) is 0.680. The molecular formula is C15H26O7. The van der Waals surface area contributed by atoms with E-state index in [0.29, 0.717) is 19.4 Å². The van der Waals surface area contributed by atoms with Crippen LogP contribution in [-0.2, 0) is 23.7 Å². The summed E-state index contributed by atoms with van der Waals surface area (Å²) >= 11 is 0. The van der Waals surface area contributed by atoms with Crippen molar-refractivity contribution in [1.29, 1.82) is 0 Å². The Morgan fingerprint density at radius 2 is 1.77 bits per heavy atom. The molecule has 1 aliphatic heterocycles. The molecule has 0 radical (unpaired) electrons. The number of ether oxygens (including phenoxy) is 4. The average Bonchev–Trinajstić information content (AvgIpc) is 2.37. The van der Waals surface area contributed by atoms with Gasteiger partial charge in [-0.15, -0.1) is 0 Å². The van der Waals surface area contributed by atoms with Crippen LogP contribution in [0.5, 0.6) is 0 Å². The summed E-state index contributed by atoms with van der Waals surface area (Å²) in [6.07, 6.45) is 0.296. The van der Waals surface area contributed by atoms with E-state index in [0.717, 1.165) is 0 Å². The molecule has 7 heteroatoms. The summed E-state index contributed by atoms with van der Waals surface area (Å²) in [7, 11) is 0. The first-order chi connectivity index (χ1) is 10.1. The maximum Gasteiger partial charge on any atom is 0.508 e. The normalized spacial score (nSPS) is 16.9. The van der Waals surface area contributed by atoms with Crippen LogP contribution < -0.4 is 0 Å². The van der Waals surface area contributed by atoms with Crippen molar-refractivity contribution >= 4 is 12.1 Å². The lowest BCUT2D eigenvalue weighted by Crippen LogP contribution is -2.35. The first kappa shape index (κ1) is 18.7. The van der Waals surface area contributed by atoms with E-state index < -0.39 is 29.2 Å². The molecule has 0 aromatic carbocycles. The molecule has 7 nitrogen and oxygen atoms in total. The zero-order valence-electron chi connectivity index (χ0n) is 13.7. The van der Waals surface area contributed by atoms with Gasteiger partial charge in [-0.25, -0.2) is 4.79 Å². The SMILES string of the molecule is CC(C)(O)CCOC(C)(C)CCOC(=O)C1COC(=O)OC1. The summed E-state index contributed by atoms with van der Waals surface area (Å²) in [5.41, 5.74) is -1.22. The molecular weight excluding hydrogens is 292 g/mol. The number of esters is 1. The molecule has 1 fully saturated rings. The fourth-order valence-electron chi connectivity index (χ4n) is 1.73. The van der Waals surface area contributed by atoms with E-state index >= 15 is 0 Å². The van der Waals surface area contributed by atoms with Crippen LogP contribution in [0.1, 0.15) is 40.5 Å². The summed E-state index contributed by atoms with van der Waals surface area (Å²) in [5.74, 6) is -1.02. The molecule has 1 heterocycles. The maximum absolute atomic E-state index is 11.8. The monoisotopic (exact) mass is 318 g/mol. The van der Waals surface area contributed by atoms with E-state index in [1.54, 1.807) is 13.8 Å².